The first-order valence-corrected chi connectivity index (χ1v) is 11.3. The van der Waals surface area contributed by atoms with Gasteiger partial charge in [-0.3, -0.25) is 4.90 Å². The molecule has 0 saturated carbocycles. The van der Waals surface area contributed by atoms with E-state index in [1.165, 1.54) is 41.9 Å². The minimum Gasteiger partial charge on any atom is -0.497 e. The van der Waals surface area contributed by atoms with Crippen LogP contribution in [0, 0.1) is 0 Å². The first-order chi connectivity index (χ1) is 15.3. The summed E-state index contributed by atoms with van der Waals surface area (Å²) in [6.07, 6.45) is 3.57. The van der Waals surface area contributed by atoms with Gasteiger partial charge >= 0.3 is 0 Å². The second-order valence-corrected chi connectivity index (χ2v) is 8.43. The third kappa shape index (κ3) is 4.72. The Kier molecular flexibility index (Phi) is 7.23. The van der Waals surface area contributed by atoms with Crippen LogP contribution in [0.25, 0.3) is 0 Å². The standard InChI is InChI=1S/C27H30N2O2.ClH/c1-30-24-14-12-21(13-15-24)16-18-28-17-6-8-23(28)19-29-25-9-3-2-7-22(25)20-31-27-11-5-4-10-26(27)29;/h2-5,7,9-15,23H,6,8,16-20H2,1H3;1H. The second-order valence-electron chi connectivity index (χ2n) is 8.43. The third-order valence-electron chi connectivity index (χ3n) is 6.56. The van der Waals surface area contributed by atoms with Crippen molar-refractivity contribution in [1.29, 1.82) is 0 Å². The van der Waals surface area contributed by atoms with Crippen LogP contribution in [0.5, 0.6) is 11.5 Å². The first-order valence-electron chi connectivity index (χ1n) is 11.3. The lowest BCUT2D eigenvalue weighted by atomic mass is 10.1. The largest absolute Gasteiger partial charge is 0.497 e. The van der Waals surface area contributed by atoms with Gasteiger partial charge in [0.1, 0.15) is 18.1 Å². The summed E-state index contributed by atoms with van der Waals surface area (Å²) in [7, 11) is 1.72. The van der Waals surface area contributed by atoms with E-state index >= 15 is 0 Å². The van der Waals surface area contributed by atoms with Crippen molar-refractivity contribution in [1.82, 2.24) is 4.90 Å². The van der Waals surface area contributed by atoms with E-state index < -0.39 is 0 Å². The van der Waals surface area contributed by atoms with Gasteiger partial charge in [-0.25, -0.2) is 0 Å². The molecule has 2 aliphatic rings. The average molecular weight is 451 g/mol. The van der Waals surface area contributed by atoms with E-state index in [-0.39, 0.29) is 12.4 Å². The number of methoxy groups -OCH3 is 1. The van der Waals surface area contributed by atoms with Gasteiger partial charge in [-0.05, 0) is 61.7 Å². The minimum atomic E-state index is 0. The van der Waals surface area contributed by atoms with Crippen molar-refractivity contribution < 1.29 is 9.47 Å². The maximum Gasteiger partial charge on any atom is 0.143 e. The number of hydrogen-bond acceptors (Lipinski definition) is 4. The Morgan fingerprint density at radius 3 is 2.50 bits per heavy atom. The Balaban J connectivity index is 0.00000245. The van der Waals surface area contributed by atoms with Gasteiger partial charge in [-0.2, -0.15) is 0 Å². The van der Waals surface area contributed by atoms with E-state index in [1.807, 2.05) is 0 Å². The molecule has 5 rings (SSSR count). The van der Waals surface area contributed by atoms with Crippen molar-refractivity contribution in [3.63, 3.8) is 0 Å². The Hall–Kier alpha value is -2.69. The highest BCUT2D eigenvalue weighted by atomic mass is 35.5. The fraction of sp³-hybridized carbons (Fsp3) is 0.333. The summed E-state index contributed by atoms with van der Waals surface area (Å²) in [4.78, 5) is 5.15. The molecule has 0 aromatic heterocycles. The van der Waals surface area contributed by atoms with E-state index in [0.29, 0.717) is 12.6 Å². The van der Waals surface area contributed by atoms with Gasteiger partial charge in [0.2, 0.25) is 0 Å². The SMILES string of the molecule is COc1ccc(CCN2CCCC2CN2c3ccccc3COc3ccccc32)cc1.Cl. The number of halogens is 1. The summed E-state index contributed by atoms with van der Waals surface area (Å²) in [6.45, 7) is 3.87. The molecule has 0 aliphatic carbocycles. The first kappa shape index (κ1) is 22.5. The summed E-state index contributed by atoms with van der Waals surface area (Å²) in [5, 5.41) is 0. The lowest BCUT2D eigenvalue weighted by Crippen LogP contribution is -2.39. The zero-order valence-corrected chi connectivity index (χ0v) is 19.4. The Morgan fingerprint density at radius 1 is 0.938 bits per heavy atom. The van der Waals surface area contributed by atoms with E-state index in [2.05, 4.69) is 82.6 Å². The number of hydrogen-bond donors (Lipinski definition) is 0. The van der Waals surface area contributed by atoms with Crippen LogP contribution in [0.1, 0.15) is 24.0 Å². The summed E-state index contributed by atoms with van der Waals surface area (Å²) in [5.41, 5.74) is 5.07. The van der Waals surface area contributed by atoms with Crippen LogP contribution in [0.15, 0.2) is 72.8 Å². The molecule has 0 N–H and O–H groups in total. The molecule has 1 fully saturated rings. The van der Waals surface area contributed by atoms with Crippen molar-refractivity contribution in [3.05, 3.63) is 83.9 Å². The van der Waals surface area contributed by atoms with Crippen LogP contribution in [-0.4, -0.2) is 37.7 Å². The van der Waals surface area contributed by atoms with Crippen molar-refractivity contribution in [3.8, 4) is 11.5 Å². The van der Waals surface area contributed by atoms with E-state index in [1.54, 1.807) is 7.11 Å². The van der Waals surface area contributed by atoms with Gasteiger partial charge in [0.25, 0.3) is 0 Å². The molecule has 3 aromatic carbocycles. The Bertz CT molecular complexity index is 977. The molecule has 1 unspecified atom stereocenters. The monoisotopic (exact) mass is 450 g/mol. The molecule has 2 aliphatic heterocycles. The number of likely N-dealkylation sites (tertiary alicyclic amines) is 1. The molecule has 0 bridgehead atoms. The minimum absolute atomic E-state index is 0. The van der Waals surface area contributed by atoms with E-state index in [4.69, 9.17) is 9.47 Å². The van der Waals surface area contributed by atoms with Crippen LogP contribution in [0.4, 0.5) is 11.4 Å². The van der Waals surface area contributed by atoms with Gasteiger partial charge in [0, 0.05) is 30.4 Å². The number of fused-ring (bicyclic) bond motifs is 2. The Labute approximate surface area is 197 Å². The van der Waals surface area contributed by atoms with E-state index in [0.717, 1.165) is 31.0 Å². The van der Waals surface area contributed by atoms with Crippen molar-refractivity contribution in [2.24, 2.45) is 0 Å². The fourth-order valence-electron chi connectivity index (χ4n) is 4.85. The lowest BCUT2D eigenvalue weighted by molar-refractivity contribution is 0.261. The van der Waals surface area contributed by atoms with Crippen LogP contribution >= 0.6 is 12.4 Å². The summed E-state index contributed by atoms with van der Waals surface area (Å²) in [6, 6.07) is 26.1. The second kappa shape index (κ2) is 10.3. The number of nitrogens with zero attached hydrogens (tertiary/aromatic N) is 2. The molecule has 0 spiro atoms. The number of rotatable bonds is 6. The number of ether oxygens (including phenoxy) is 2. The lowest BCUT2D eigenvalue weighted by Gasteiger charge is -2.32. The van der Waals surface area contributed by atoms with Crippen molar-refractivity contribution >= 4 is 23.8 Å². The smallest absolute Gasteiger partial charge is 0.143 e. The van der Waals surface area contributed by atoms with E-state index in [9.17, 15) is 0 Å². The topological polar surface area (TPSA) is 24.9 Å². The summed E-state index contributed by atoms with van der Waals surface area (Å²) in [5.74, 6) is 1.89. The number of para-hydroxylation sites is 3. The highest BCUT2D eigenvalue weighted by Crippen LogP contribution is 2.40. The molecular weight excluding hydrogens is 420 g/mol. The van der Waals surface area contributed by atoms with Crippen LogP contribution in [0.3, 0.4) is 0 Å². The number of anilines is 2. The van der Waals surface area contributed by atoms with Gasteiger partial charge in [0.15, 0.2) is 0 Å². The molecule has 0 amide bonds. The van der Waals surface area contributed by atoms with Crippen molar-refractivity contribution in [2.75, 3.05) is 31.6 Å². The van der Waals surface area contributed by atoms with Crippen LogP contribution in [-0.2, 0) is 13.0 Å². The molecule has 3 aromatic rings. The van der Waals surface area contributed by atoms with Gasteiger partial charge in [-0.15, -0.1) is 12.4 Å². The fourth-order valence-corrected chi connectivity index (χ4v) is 4.85. The highest BCUT2D eigenvalue weighted by Gasteiger charge is 2.29. The highest BCUT2D eigenvalue weighted by molar-refractivity contribution is 5.85. The summed E-state index contributed by atoms with van der Waals surface area (Å²) < 4.78 is 11.4. The molecule has 1 atom stereocenters. The zero-order chi connectivity index (χ0) is 21.0. The summed E-state index contributed by atoms with van der Waals surface area (Å²) >= 11 is 0. The van der Waals surface area contributed by atoms with Crippen molar-refractivity contribution in [2.45, 2.75) is 31.9 Å². The van der Waals surface area contributed by atoms with Gasteiger partial charge < -0.3 is 14.4 Å². The molecule has 168 valence electrons. The normalized spacial score (nSPS) is 17.5. The quantitative estimate of drug-likeness (QED) is 0.470. The Morgan fingerprint density at radius 2 is 1.69 bits per heavy atom. The molecule has 1 saturated heterocycles. The van der Waals surface area contributed by atoms with Crippen LogP contribution < -0.4 is 14.4 Å². The number of benzene rings is 3. The van der Waals surface area contributed by atoms with Gasteiger partial charge in [-0.1, -0.05) is 42.5 Å². The third-order valence-corrected chi connectivity index (χ3v) is 6.56. The predicted octanol–water partition coefficient (Wildman–Crippen LogP) is 5.85. The van der Waals surface area contributed by atoms with Gasteiger partial charge in [0.05, 0.1) is 12.8 Å². The van der Waals surface area contributed by atoms with Crippen LogP contribution in [0.2, 0.25) is 0 Å². The average Bonchev–Trinajstić information content (AvgIpc) is 3.21. The maximum atomic E-state index is 6.16. The molecule has 32 heavy (non-hydrogen) atoms. The molecular formula is C27H31ClN2O2. The predicted molar refractivity (Wildman–Crippen MR) is 133 cm³/mol. The molecule has 0 radical (unpaired) electrons. The maximum absolute atomic E-state index is 6.16. The molecule has 5 heteroatoms. The molecule has 2 heterocycles. The zero-order valence-electron chi connectivity index (χ0n) is 18.6. The molecule has 4 nitrogen and oxygen atoms in total.